The van der Waals surface area contributed by atoms with E-state index in [1.165, 1.54) is 0 Å². The molecule has 0 saturated carbocycles. The molecule has 0 aliphatic rings. The van der Waals surface area contributed by atoms with Crippen LogP contribution in [0.25, 0.3) is 10.9 Å². The molecule has 0 saturated heterocycles. The van der Waals surface area contributed by atoms with Crippen molar-refractivity contribution >= 4 is 34.1 Å². The lowest BCUT2D eigenvalue weighted by molar-refractivity contribution is 0.0955. The van der Waals surface area contributed by atoms with E-state index in [4.69, 9.17) is 16.3 Å². The lowest BCUT2D eigenvalue weighted by Crippen LogP contribution is -2.19. The van der Waals surface area contributed by atoms with Crippen molar-refractivity contribution < 1.29 is 9.53 Å². The molecule has 0 atom stereocenters. The number of hydrazone groups is 1. The van der Waals surface area contributed by atoms with E-state index in [1.807, 2.05) is 61.5 Å². The molecule has 6 heteroatoms. The van der Waals surface area contributed by atoms with Crippen LogP contribution in [-0.4, -0.2) is 16.6 Å². The number of hydrogen-bond donors (Lipinski definition) is 1. The molecule has 1 amide bonds. The molecule has 3 aromatic carbocycles. The van der Waals surface area contributed by atoms with Gasteiger partial charge in [0.25, 0.3) is 5.91 Å². The van der Waals surface area contributed by atoms with Crippen molar-refractivity contribution in [3.63, 3.8) is 0 Å². The van der Waals surface area contributed by atoms with E-state index in [2.05, 4.69) is 15.5 Å². The molecule has 0 aliphatic carbocycles. The average Bonchev–Trinajstić information content (AvgIpc) is 2.81. The maximum Gasteiger partial charge on any atom is 0.271 e. The molecule has 0 radical (unpaired) electrons. The number of benzene rings is 3. The number of para-hydroxylation sites is 1. The molecular formula is C25H20ClN3O2. The lowest BCUT2D eigenvalue weighted by atomic mass is 10.1. The summed E-state index contributed by atoms with van der Waals surface area (Å²) in [5.41, 5.74) is 6.46. The van der Waals surface area contributed by atoms with Gasteiger partial charge in [0, 0.05) is 22.2 Å². The smallest absolute Gasteiger partial charge is 0.271 e. The van der Waals surface area contributed by atoms with E-state index >= 15 is 0 Å². The minimum absolute atomic E-state index is 0.279. The Kier molecular flexibility index (Phi) is 6.24. The largest absolute Gasteiger partial charge is 0.487 e. The van der Waals surface area contributed by atoms with Crippen LogP contribution in [0.1, 0.15) is 28.4 Å². The van der Waals surface area contributed by atoms with Gasteiger partial charge in [0.15, 0.2) is 0 Å². The fourth-order valence-electron chi connectivity index (χ4n) is 3.06. The number of carbonyl (C=O) groups is 1. The molecule has 0 aliphatic heterocycles. The maximum atomic E-state index is 12.4. The summed E-state index contributed by atoms with van der Waals surface area (Å²) < 4.78 is 5.95. The molecule has 5 nitrogen and oxygen atoms in total. The highest BCUT2D eigenvalue weighted by molar-refractivity contribution is 6.30. The van der Waals surface area contributed by atoms with Gasteiger partial charge in [-0.2, -0.15) is 5.10 Å². The summed E-state index contributed by atoms with van der Waals surface area (Å²) in [6.07, 6.45) is 1.75. The fraction of sp³-hybridized carbons (Fsp3) is 0.0800. The zero-order valence-electron chi connectivity index (χ0n) is 16.9. The van der Waals surface area contributed by atoms with Gasteiger partial charge in [0.2, 0.25) is 0 Å². The molecule has 0 fully saturated rings. The number of pyridine rings is 1. The molecule has 1 N–H and O–H groups in total. The summed E-state index contributed by atoms with van der Waals surface area (Å²) in [5, 5.41) is 5.85. The highest BCUT2D eigenvalue weighted by Crippen LogP contribution is 2.24. The minimum atomic E-state index is -0.279. The summed E-state index contributed by atoms with van der Waals surface area (Å²) in [7, 11) is 0. The van der Waals surface area contributed by atoms with Gasteiger partial charge in [-0.3, -0.25) is 9.78 Å². The minimum Gasteiger partial charge on any atom is -0.487 e. The van der Waals surface area contributed by atoms with Gasteiger partial charge in [0.05, 0.1) is 5.71 Å². The molecule has 1 heterocycles. The zero-order valence-corrected chi connectivity index (χ0v) is 17.6. The number of halogens is 1. The molecule has 0 spiro atoms. The second kappa shape index (κ2) is 9.41. The van der Waals surface area contributed by atoms with E-state index in [0.717, 1.165) is 27.8 Å². The van der Waals surface area contributed by atoms with Crippen molar-refractivity contribution in [1.82, 2.24) is 10.4 Å². The first kappa shape index (κ1) is 20.6. The number of aromatic nitrogens is 1. The number of nitrogens with zero attached hydrogens (tertiary/aromatic N) is 2. The zero-order chi connectivity index (χ0) is 21.6. The van der Waals surface area contributed by atoms with Crippen molar-refractivity contribution in [2.45, 2.75) is 13.5 Å². The highest BCUT2D eigenvalue weighted by atomic mass is 35.5. The van der Waals surface area contributed by atoms with Crippen LogP contribution in [0.5, 0.6) is 5.75 Å². The van der Waals surface area contributed by atoms with E-state index in [0.29, 0.717) is 22.9 Å². The Hall–Kier alpha value is -3.70. The Bertz CT molecular complexity index is 1230. The number of carbonyl (C=O) groups excluding carboxylic acids is 1. The highest BCUT2D eigenvalue weighted by Gasteiger charge is 2.07. The van der Waals surface area contributed by atoms with E-state index < -0.39 is 0 Å². The summed E-state index contributed by atoms with van der Waals surface area (Å²) in [4.78, 5) is 16.8. The lowest BCUT2D eigenvalue weighted by Gasteiger charge is -2.09. The number of hydrogen-bond acceptors (Lipinski definition) is 4. The van der Waals surface area contributed by atoms with Crippen LogP contribution < -0.4 is 10.2 Å². The van der Waals surface area contributed by atoms with E-state index in [9.17, 15) is 4.79 Å². The van der Waals surface area contributed by atoms with Crippen LogP contribution in [0.15, 0.2) is 90.2 Å². The number of rotatable bonds is 6. The number of ether oxygens (including phenoxy) is 1. The van der Waals surface area contributed by atoms with Crippen LogP contribution in [0.4, 0.5) is 0 Å². The van der Waals surface area contributed by atoms with Crippen molar-refractivity contribution in [2.24, 2.45) is 5.10 Å². The first-order valence-electron chi connectivity index (χ1n) is 9.76. The average molecular weight is 430 g/mol. The Morgan fingerprint density at radius 1 is 0.968 bits per heavy atom. The van der Waals surface area contributed by atoms with Gasteiger partial charge in [-0.25, -0.2) is 5.43 Å². The Morgan fingerprint density at radius 2 is 1.68 bits per heavy atom. The first-order valence-corrected chi connectivity index (χ1v) is 10.1. The van der Waals surface area contributed by atoms with Gasteiger partial charge in [0.1, 0.15) is 17.9 Å². The number of fused-ring (bicyclic) bond motifs is 1. The standard InChI is InChI=1S/C25H20ClN3O2/c1-17(19-11-13-22(26)14-12-19)28-29-25(30)21-9-7-18(8-10-21)16-31-23-6-2-4-20-5-3-15-27-24(20)23/h2-15H,16H2,1H3,(H,29,30)/b28-17+. The van der Waals surface area contributed by atoms with Crippen molar-refractivity contribution in [1.29, 1.82) is 0 Å². The second-order valence-corrected chi connectivity index (χ2v) is 7.40. The molecule has 4 rings (SSSR count). The SMILES string of the molecule is C/C(=N\NC(=O)c1ccc(COc2cccc3cccnc23)cc1)c1ccc(Cl)cc1. The van der Waals surface area contributed by atoms with Gasteiger partial charge in [-0.05, 0) is 54.4 Å². The molecule has 31 heavy (non-hydrogen) atoms. The normalized spacial score (nSPS) is 11.4. The third-order valence-corrected chi connectivity index (χ3v) is 5.05. The number of amides is 1. The van der Waals surface area contributed by atoms with Crippen molar-refractivity contribution in [3.05, 3.63) is 107 Å². The maximum absolute atomic E-state index is 12.4. The monoisotopic (exact) mass is 429 g/mol. The quantitative estimate of drug-likeness (QED) is 0.319. The Balaban J connectivity index is 1.38. The second-order valence-electron chi connectivity index (χ2n) is 6.96. The van der Waals surface area contributed by atoms with Crippen LogP contribution >= 0.6 is 11.6 Å². The van der Waals surface area contributed by atoms with Crippen LogP contribution in [-0.2, 0) is 6.61 Å². The van der Waals surface area contributed by atoms with Crippen LogP contribution in [0.3, 0.4) is 0 Å². The molecule has 0 unspecified atom stereocenters. The van der Waals surface area contributed by atoms with E-state index in [-0.39, 0.29) is 5.91 Å². The predicted molar refractivity (Wildman–Crippen MR) is 124 cm³/mol. The molecule has 154 valence electrons. The Labute approximate surface area is 185 Å². The predicted octanol–water partition coefficient (Wildman–Crippen LogP) is 5.62. The van der Waals surface area contributed by atoms with Gasteiger partial charge < -0.3 is 4.74 Å². The van der Waals surface area contributed by atoms with Crippen molar-refractivity contribution in [3.8, 4) is 5.75 Å². The van der Waals surface area contributed by atoms with E-state index in [1.54, 1.807) is 30.5 Å². The molecular weight excluding hydrogens is 410 g/mol. The fourth-order valence-corrected chi connectivity index (χ4v) is 3.19. The van der Waals surface area contributed by atoms with Crippen molar-refractivity contribution in [2.75, 3.05) is 0 Å². The molecule has 4 aromatic rings. The summed E-state index contributed by atoms with van der Waals surface area (Å²) in [5.74, 6) is 0.450. The molecule has 1 aromatic heterocycles. The van der Waals surface area contributed by atoms with Gasteiger partial charge in [-0.15, -0.1) is 0 Å². The Morgan fingerprint density at radius 3 is 2.45 bits per heavy atom. The summed E-state index contributed by atoms with van der Waals surface area (Å²) in [6, 6.07) is 24.3. The first-order chi connectivity index (χ1) is 15.1. The third-order valence-electron chi connectivity index (χ3n) is 4.79. The van der Waals surface area contributed by atoms with Crippen LogP contribution in [0.2, 0.25) is 5.02 Å². The van der Waals surface area contributed by atoms with Crippen LogP contribution in [0, 0.1) is 0 Å². The number of nitrogens with one attached hydrogen (secondary N) is 1. The topological polar surface area (TPSA) is 63.6 Å². The summed E-state index contributed by atoms with van der Waals surface area (Å²) in [6.45, 7) is 2.21. The van der Waals surface area contributed by atoms with Gasteiger partial charge >= 0.3 is 0 Å². The third kappa shape index (κ3) is 5.08. The van der Waals surface area contributed by atoms with Gasteiger partial charge in [-0.1, -0.05) is 54.1 Å². The summed E-state index contributed by atoms with van der Waals surface area (Å²) >= 11 is 5.90. The molecule has 0 bridgehead atoms.